The lowest BCUT2D eigenvalue weighted by Crippen LogP contribution is -2.36. The predicted octanol–water partition coefficient (Wildman–Crippen LogP) is 4.29. The average Bonchev–Trinajstić information content (AvgIpc) is 2.64. The summed E-state index contributed by atoms with van der Waals surface area (Å²) in [5.74, 6) is -0.858. The van der Waals surface area contributed by atoms with Gasteiger partial charge < -0.3 is 15.4 Å². The quantitative estimate of drug-likeness (QED) is 0.749. The van der Waals surface area contributed by atoms with E-state index in [0.717, 1.165) is 5.56 Å². The molecule has 0 atom stereocenters. The minimum atomic E-state index is -4.47. The van der Waals surface area contributed by atoms with Gasteiger partial charge in [0.05, 0.1) is 0 Å². The van der Waals surface area contributed by atoms with E-state index < -0.39 is 25.2 Å². The van der Waals surface area contributed by atoms with Crippen LogP contribution in [0.2, 0.25) is 0 Å². The van der Waals surface area contributed by atoms with Crippen LogP contribution in [0.1, 0.15) is 36.7 Å². The predicted molar refractivity (Wildman–Crippen MR) is 104 cm³/mol. The summed E-state index contributed by atoms with van der Waals surface area (Å²) in [5, 5.41) is 4.46. The number of anilines is 1. The van der Waals surface area contributed by atoms with Crippen LogP contribution >= 0.6 is 0 Å². The number of amides is 2. The highest BCUT2D eigenvalue weighted by Crippen LogP contribution is 2.23. The molecule has 0 aliphatic heterocycles. The van der Waals surface area contributed by atoms with Gasteiger partial charge in [-0.1, -0.05) is 32.9 Å². The lowest BCUT2D eigenvalue weighted by Gasteiger charge is -2.19. The third-order valence-corrected chi connectivity index (χ3v) is 3.98. The van der Waals surface area contributed by atoms with Gasteiger partial charge >= 0.3 is 6.18 Å². The van der Waals surface area contributed by atoms with E-state index in [4.69, 9.17) is 4.74 Å². The smallest absolute Gasteiger partial charge is 0.405 e. The molecule has 0 radical (unpaired) electrons. The normalized spacial score (nSPS) is 11.7. The molecule has 156 valence electrons. The van der Waals surface area contributed by atoms with Gasteiger partial charge in [0.25, 0.3) is 11.8 Å². The summed E-state index contributed by atoms with van der Waals surface area (Å²) >= 11 is 0. The van der Waals surface area contributed by atoms with Crippen molar-refractivity contribution in [1.29, 1.82) is 0 Å². The first-order valence-corrected chi connectivity index (χ1v) is 8.92. The third kappa shape index (κ3) is 7.48. The fourth-order valence-corrected chi connectivity index (χ4v) is 2.36. The number of halogens is 3. The second-order valence-electron chi connectivity index (χ2n) is 7.49. The summed E-state index contributed by atoms with van der Waals surface area (Å²) in [6, 6.07) is 13.5. The minimum Gasteiger partial charge on any atom is -0.484 e. The number of hydrogen-bond acceptors (Lipinski definition) is 3. The van der Waals surface area contributed by atoms with E-state index in [1.54, 1.807) is 29.6 Å². The van der Waals surface area contributed by atoms with Crippen LogP contribution in [-0.4, -0.2) is 31.1 Å². The summed E-state index contributed by atoms with van der Waals surface area (Å²) in [6.45, 7) is 4.32. The molecule has 0 aromatic heterocycles. The first-order chi connectivity index (χ1) is 13.4. The summed E-state index contributed by atoms with van der Waals surface area (Å²) in [5.41, 5.74) is 2.15. The standard InChI is InChI=1S/C21H23F3N2O3/c1-20(2,3)15-6-4-14(5-7-15)19(28)26-16-8-10-17(11-9-16)29-12-18(27)25-13-21(22,23)24/h4-11H,12-13H2,1-3H3,(H,25,27)(H,26,28). The van der Waals surface area contributed by atoms with Crippen LogP contribution in [0.4, 0.5) is 18.9 Å². The third-order valence-electron chi connectivity index (χ3n) is 3.98. The molecule has 0 unspecified atom stereocenters. The van der Waals surface area contributed by atoms with Crippen molar-refractivity contribution in [2.45, 2.75) is 32.4 Å². The van der Waals surface area contributed by atoms with E-state index in [2.05, 4.69) is 26.1 Å². The number of carbonyl (C=O) groups excluding carboxylic acids is 2. The van der Waals surface area contributed by atoms with Crippen molar-refractivity contribution in [3.8, 4) is 5.75 Å². The van der Waals surface area contributed by atoms with Crippen molar-refractivity contribution in [2.24, 2.45) is 0 Å². The molecule has 2 aromatic carbocycles. The van der Waals surface area contributed by atoms with Crippen molar-refractivity contribution < 1.29 is 27.5 Å². The minimum absolute atomic E-state index is 0.00547. The van der Waals surface area contributed by atoms with Gasteiger partial charge in [-0.25, -0.2) is 0 Å². The molecule has 0 saturated heterocycles. The molecule has 2 rings (SSSR count). The highest BCUT2D eigenvalue weighted by molar-refractivity contribution is 6.04. The average molecular weight is 408 g/mol. The first-order valence-electron chi connectivity index (χ1n) is 8.92. The van der Waals surface area contributed by atoms with Gasteiger partial charge in [0, 0.05) is 11.3 Å². The molecule has 0 saturated carbocycles. The van der Waals surface area contributed by atoms with Crippen LogP contribution < -0.4 is 15.4 Å². The van der Waals surface area contributed by atoms with Crippen molar-refractivity contribution in [2.75, 3.05) is 18.5 Å². The molecular formula is C21H23F3N2O3. The molecule has 2 amide bonds. The second-order valence-corrected chi connectivity index (χ2v) is 7.49. The van der Waals surface area contributed by atoms with E-state index in [1.165, 1.54) is 12.1 Å². The summed E-state index contributed by atoms with van der Waals surface area (Å²) in [7, 11) is 0. The van der Waals surface area contributed by atoms with Crippen LogP contribution in [0.5, 0.6) is 5.75 Å². The van der Waals surface area contributed by atoms with E-state index in [0.29, 0.717) is 17.0 Å². The number of ether oxygens (including phenoxy) is 1. The Bertz CT molecular complexity index is 839. The zero-order valence-electron chi connectivity index (χ0n) is 16.4. The molecule has 0 aliphatic rings. The van der Waals surface area contributed by atoms with E-state index >= 15 is 0 Å². The van der Waals surface area contributed by atoms with Gasteiger partial charge in [-0.3, -0.25) is 9.59 Å². The Balaban J connectivity index is 1.87. The molecule has 0 heterocycles. The summed E-state index contributed by atoms with van der Waals surface area (Å²) < 4.78 is 41.2. The Labute approximate surface area is 167 Å². The van der Waals surface area contributed by atoms with E-state index in [-0.39, 0.29) is 11.3 Å². The zero-order chi connectivity index (χ0) is 21.7. The number of benzene rings is 2. The van der Waals surface area contributed by atoms with Crippen molar-refractivity contribution in [3.05, 3.63) is 59.7 Å². The highest BCUT2D eigenvalue weighted by Gasteiger charge is 2.27. The lowest BCUT2D eigenvalue weighted by atomic mass is 9.87. The molecule has 2 N–H and O–H groups in total. The lowest BCUT2D eigenvalue weighted by molar-refractivity contribution is -0.139. The molecule has 29 heavy (non-hydrogen) atoms. The van der Waals surface area contributed by atoms with Crippen LogP contribution in [0.25, 0.3) is 0 Å². The molecule has 2 aromatic rings. The second kappa shape index (κ2) is 8.98. The monoisotopic (exact) mass is 408 g/mol. The van der Waals surface area contributed by atoms with Gasteiger partial charge in [0.15, 0.2) is 6.61 Å². The summed E-state index contributed by atoms with van der Waals surface area (Å²) in [4.78, 5) is 23.7. The number of nitrogens with one attached hydrogen (secondary N) is 2. The van der Waals surface area contributed by atoms with E-state index in [9.17, 15) is 22.8 Å². The van der Waals surface area contributed by atoms with Gasteiger partial charge in [0.2, 0.25) is 0 Å². The molecule has 8 heteroatoms. The van der Waals surface area contributed by atoms with Crippen molar-refractivity contribution in [1.82, 2.24) is 5.32 Å². The molecule has 5 nitrogen and oxygen atoms in total. The SMILES string of the molecule is CC(C)(C)c1ccc(C(=O)Nc2ccc(OCC(=O)NCC(F)(F)F)cc2)cc1. The van der Waals surface area contributed by atoms with Gasteiger partial charge in [-0.15, -0.1) is 0 Å². The van der Waals surface area contributed by atoms with Crippen molar-refractivity contribution in [3.63, 3.8) is 0 Å². The highest BCUT2D eigenvalue weighted by atomic mass is 19.4. The molecule has 0 aliphatic carbocycles. The van der Waals surface area contributed by atoms with Crippen LogP contribution in [-0.2, 0) is 10.2 Å². The molecule has 0 spiro atoms. The van der Waals surface area contributed by atoms with Gasteiger partial charge in [0.1, 0.15) is 12.3 Å². The fraction of sp³-hybridized carbons (Fsp3) is 0.333. The van der Waals surface area contributed by atoms with Crippen LogP contribution in [0.3, 0.4) is 0 Å². The molecule has 0 bridgehead atoms. The number of alkyl halides is 3. The molecular weight excluding hydrogens is 385 g/mol. The maximum absolute atomic E-state index is 12.3. The number of carbonyl (C=O) groups is 2. The Hall–Kier alpha value is -3.03. The molecule has 0 fully saturated rings. The zero-order valence-corrected chi connectivity index (χ0v) is 16.4. The summed E-state index contributed by atoms with van der Waals surface area (Å²) in [6.07, 6.45) is -4.47. The Morgan fingerprint density at radius 1 is 0.931 bits per heavy atom. The first kappa shape index (κ1) is 22.3. The fourth-order valence-electron chi connectivity index (χ4n) is 2.36. The van der Waals surface area contributed by atoms with Crippen LogP contribution in [0.15, 0.2) is 48.5 Å². The number of hydrogen-bond donors (Lipinski definition) is 2. The number of rotatable bonds is 6. The van der Waals surface area contributed by atoms with E-state index in [1.807, 2.05) is 12.1 Å². The maximum atomic E-state index is 12.3. The topological polar surface area (TPSA) is 67.4 Å². The van der Waals surface area contributed by atoms with Crippen molar-refractivity contribution >= 4 is 17.5 Å². The Morgan fingerprint density at radius 2 is 1.52 bits per heavy atom. The maximum Gasteiger partial charge on any atom is 0.405 e. The largest absolute Gasteiger partial charge is 0.484 e. The van der Waals surface area contributed by atoms with Gasteiger partial charge in [-0.05, 0) is 47.4 Å². The Morgan fingerprint density at radius 3 is 2.03 bits per heavy atom. The van der Waals surface area contributed by atoms with Crippen LogP contribution in [0, 0.1) is 0 Å². The Kier molecular flexibility index (Phi) is 6.89. The van der Waals surface area contributed by atoms with Gasteiger partial charge in [-0.2, -0.15) is 13.2 Å².